The molecule has 2 amide bonds. The number of para-hydroxylation sites is 1. The van der Waals surface area contributed by atoms with Gasteiger partial charge in [0, 0.05) is 12.6 Å². The summed E-state index contributed by atoms with van der Waals surface area (Å²) >= 11 is 0. The van der Waals surface area contributed by atoms with E-state index in [2.05, 4.69) is 10.4 Å². The summed E-state index contributed by atoms with van der Waals surface area (Å²) < 4.78 is 1.26. The van der Waals surface area contributed by atoms with Crippen molar-refractivity contribution < 1.29 is 9.59 Å². The molecule has 120 valence electrons. The minimum atomic E-state index is -0.637. The molecule has 1 aromatic heterocycles. The fraction of sp³-hybridized carbons (Fsp3) is 0.250. The molecule has 0 atom stereocenters. The number of hydrogen-bond acceptors (Lipinski definition) is 4. The zero-order chi connectivity index (χ0) is 16.8. The Morgan fingerprint density at radius 1 is 1.22 bits per heavy atom. The molecule has 0 aliphatic heterocycles. The first-order valence-corrected chi connectivity index (χ1v) is 7.31. The maximum Gasteiger partial charge on any atom is 0.276 e. The molecule has 3 N–H and O–H groups in total. The Labute approximate surface area is 133 Å². The third-order valence-corrected chi connectivity index (χ3v) is 3.26. The first kappa shape index (κ1) is 16.4. The highest BCUT2D eigenvalue weighted by atomic mass is 16.2. The number of nitrogens with zero attached hydrogens (tertiary/aromatic N) is 2. The Hall–Kier alpha value is -2.96. The van der Waals surface area contributed by atoms with Gasteiger partial charge in [-0.2, -0.15) is 5.10 Å². The van der Waals surface area contributed by atoms with Gasteiger partial charge >= 0.3 is 0 Å². The van der Waals surface area contributed by atoms with Crippen LogP contribution in [-0.4, -0.2) is 21.6 Å². The molecule has 0 radical (unpaired) electrons. The number of aromatic nitrogens is 2. The van der Waals surface area contributed by atoms with Crippen molar-refractivity contribution in [3.8, 4) is 0 Å². The summed E-state index contributed by atoms with van der Waals surface area (Å²) in [5, 5.41) is 6.65. The molecule has 0 saturated heterocycles. The van der Waals surface area contributed by atoms with E-state index in [0.29, 0.717) is 12.2 Å². The largest absolute Gasteiger partial charge is 0.366 e. The number of carbonyl (C=O) groups excluding carboxylic acids is 2. The highest BCUT2D eigenvalue weighted by Gasteiger charge is 2.13. The quantitative estimate of drug-likeness (QED) is 0.840. The van der Waals surface area contributed by atoms with Crippen molar-refractivity contribution in [2.75, 3.05) is 5.32 Å². The molecule has 23 heavy (non-hydrogen) atoms. The second-order valence-electron chi connectivity index (χ2n) is 5.00. The predicted octanol–water partition coefficient (Wildman–Crippen LogP) is 1.39. The topological polar surface area (TPSA) is 107 Å². The number of aryl methyl sites for hydroxylation is 1. The average molecular weight is 314 g/mol. The van der Waals surface area contributed by atoms with Crippen LogP contribution in [0.4, 0.5) is 5.69 Å². The van der Waals surface area contributed by atoms with Gasteiger partial charge in [0.05, 0.1) is 11.3 Å². The van der Waals surface area contributed by atoms with Gasteiger partial charge in [0.2, 0.25) is 0 Å². The molecule has 0 aliphatic rings. The number of unbranched alkanes of at least 4 members (excludes halogenated alkanes) is 1. The van der Waals surface area contributed by atoms with E-state index in [1.807, 2.05) is 6.92 Å². The second kappa shape index (κ2) is 7.35. The van der Waals surface area contributed by atoms with Gasteiger partial charge in [-0.25, -0.2) is 4.68 Å². The molecule has 0 spiro atoms. The number of benzene rings is 1. The van der Waals surface area contributed by atoms with Crippen molar-refractivity contribution in [1.29, 1.82) is 0 Å². The normalized spacial score (nSPS) is 10.3. The van der Waals surface area contributed by atoms with Crippen molar-refractivity contribution in [1.82, 2.24) is 9.78 Å². The molecule has 0 fully saturated rings. The number of nitrogens with two attached hydrogens (primary N) is 1. The van der Waals surface area contributed by atoms with Crippen LogP contribution in [0.25, 0.3) is 0 Å². The SMILES string of the molecule is CCCCn1nc(C(=O)Nc2ccccc2C(N)=O)ccc1=O. The maximum atomic E-state index is 12.3. The molecule has 1 aromatic carbocycles. The Bertz CT molecular complexity index is 783. The summed E-state index contributed by atoms with van der Waals surface area (Å²) in [5.41, 5.74) is 5.63. The Morgan fingerprint density at radius 2 is 1.96 bits per heavy atom. The van der Waals surface area contributed by atoms with Crippen LogP contribution in [0.15, 0.2) is 41.2 Å². The van der Waals surface area contributed by atoms with E-state index in [0.717, 1.165) is 12.8 Å². The number of primary amides is 1. The molecule has 1 heterocycles. The molecule has 0 unspecified atom stereocenters. The van der Waals surface area contributed by atoms with E-state index in [1.165, 1.54) is 22.9 Å². The summed E-state index contributed by atoms with van der Waals surface area (Å²) in [5.74, 6) is -1.15. The lowest BCUT2D eigenvalue weighted by atomic mass is 10.1. The van der Waals surface area contributed by atoms with Gasteiger partial charge in [-0.1, -0.05) is 25.5 Å². The summed E-state index contributed by atoms with van der Waals surface area (Å²) in [7, 11) is 0. The number of amides is 2. The van der Waals surface area contributed by atoms with Crippen LogP contribution in [0.3, 0.4) is 0 Å². The van der Waals surface area contributed by atoms with Gasteiger partial charge in [0.25, 0.3) is 17.4 Å². The highest BCUT2D eigenvalue weighted by molar-refractivity contribution is 6.07. The van der Waals surface area contributed by atoms with E-state index in [-0.39, 0.29) is 16.8 Å². The third-order valence-electron chi connectivity index (χ3n) is 3.26. The van der Waals surface area contributed by atoms with E-state index in [1.54, 1.807) is 18.2 Å². The van der Waals surface area contributed by atoms with E-state index < -0.39 is 11.8 Å². The number of hydrogen-bond donors (Lipinski definition) is 2. The van der Waals surface area contributed by atoms with Crippen LogP contribution < -0.4 is 16.6 Å². The standard InChI is InChI=1S/C16H18N4O3/c1-2-3-10-20-14(21)9-8-13(19-20)16(23)18-12-7-5-4-6-11(12)15(17)22/h4-9H,2-3,10H2,1H3,(H2,17,22)(H,18,23). The zero-order valence-electron chi connectivity index (χ0n) is 12.8. The first-order chi connectivity index (χ1) is 11.0. The van der Waals surface area contributed by atoms with Crippen molar-refractivity contribution >= 4 is 17.5 Å². The average Bonchev–Trinajstić information content (AvgIpc) is 2.54. The monoisotopic (exact) mass is 314 g/mol. The number of anilines is 1. The number of carbonyl (C=O) groups is 2. The minimum absolute atomic E-state index is 0.0972. The van der Waals surface area contributed by atoms with Gasteiger partial charge in [-0.3, -0.25) is 14.4 Å². The summed E-state index contributed by atoms with van der Waals surface area (Å²) in [4.78, 5) is 35.4. The van der Waals surface area contributed by atoms with Crippen molar-refractivity contribution in [3.05, 3.63) is 58.0 Å². The van der Waals surface area contributed by atoms with Crippen LogP contribution in [0.5, 0.6) is 0 Å². The summed E-state index contributed by atoms with van der Waals surface area (Å²) in [6.45, 7) is 2.46. The van der Waals surface area contributed by atoms with Crippen molar-refractivity contribution in [2.24, 2.45) is 5.73 Å². The van der Waals surface area contributed by atoms with E-state index in [9.17, 15) is 14.4 Å². The number of nitrogens with one attached hydrogen (secondary N) is 1. The van der Waals surface area contributed by atoms with Gasteiger partial charge in [0.15, 0.2) is 0 Å². The van der Waals surface area contributed by atoms with Crippen LogP contribution in [0, 0.1) is 0 Å². The Balaban J connectivity index is 2.25. The molecule has 7 nitrogen and oxygen atoms in total. The predicted molar refractivity (Wildman–Crippen MR) is 86.3 cm³/mol. The van der Waals surface area contributed by atoms with Crippen molar-refractivity contribution in [3.63, 3.8) is 0 Å². The van der Waals surface area contributed by atoms with Crippen LogP contribution in [0.2, 0.25) is 0 Å². The lowest BCUT2D eigenvalue weighted by molar-refractivity contribution is 0.100. The lowest BCUT2D eigenvalue weighted by Gasteiger charge is -2.09. The molecule has 2 aromatic rings. The molecule has 0 bridgehead atoms. The Morgan fingerprint density at radius 3 is 2.65 bits per heavy atom. The van der Waals surface area contributed by atoms with E-state index in [4.69, 9.17) is 5.73 Å². The molecular formula is C16H18N4O3. The molecular weight excluding hydrogens is 296 g/mol. The molecule has 7 heteroatoms. The zero-order valence-corrected chi connectivity index (χ0v) is 12.8. The van der Waals surface area contributed by atoms with Gasteiger partial charge in [-0.15, -0.1) is 0 Å². The summed E-state index contributed by atoms with van der Waals surface area (Å²) in [6, 6.07) is 9.08. The Kier molecular flexibility index (Phi) is 5.24. The summed E-state index contributed by atoms with van der Waals surface area (Å²) in [6.07, 6.45) is 1.71. The van der Waals surface area contributed by atoms with E-state index >= 15 is 0 Å². The molecule has 0 aliphatic carbocycles. The lowest BCUT2D eigenvalue weighted by Crippen LogP contribution is -2.26. The van der Waals surface area contributed by atoms with Gasteiger partial charge in [0.1, 0.15) is 5.69 Å². The van der Waals surface area contributed by atoms with Crippen molar-refractivity contribution in [2.45, 2.75) is 26.3 Å². The third kappa shape index (κ3) is 4.03. The van der Waals surface area contributed by atoms with Crippen LogP contribution in [0.1, 0.15) is 40.6 Å². The second-order valence-corrected chi connectivity index (χ2v) is 5.00. The minimum Gasteiger partial charge on any atom is -0.366 e. The highest BCUT2D eigenvalue weighted by Crippen LogP contribution is 2.15. The van der Waals surface area contributed by atoms with Crippen LogP contribution >= 0.6 is 0 Å². The number of rotatable bonds is 6. The van der Waals surface area contributed by atoms with Gasteiger partial charge < -0.3 is 11.1 Å². The van der Waals surface area contributed by atoms with Gasteiger partial charge in [-0.05, 0) is 24.6 Å². The first-order valence-electron chi connectivity index (χ1n) is 7.31. The fourth-order valence-electron chi connectivity index (χ4n) is 2.03. The molecule has 0 saturated carbocycles. The van der Waals surface area contributed by atoms with Crippen LogP contribution in [-0.2, 0) is 6.54 Å². The maximum absolute atomic E-state index is 12.3. The smallest absolute Gasteiger partial charge is 0.276 e. The molecule has 2 rings (SSSR count). The fourth-order valence-corrected chi connectivity index (χ4v) is 2.03.